The summed E-state index contributed by atoms with van der Waals surface area (Å²) in [5.41, 5.74) is 3.65. The minimum absolute atomic E-state index is 0.0708. The van der Waals surface area contributed by atoms with E-state index in [1.54, 1.807) is 12.0 Å². The normalized spacial score (nSPS) is 17.9. The molecule has 0 bridgehead atoms. The number of amides is 2. The Morgan fingerprint density at radius 3 is 2.47 bits per heavy atom. The third-order valence-electron chi connectivity index (χ3n) is 8.71. The Morgan fingerprint density at radius 1 is 0.939 bits per heavy atom. The Balaban J connectivity index is 1.23. The first kappa shape index (κ1) is 36.5. The number of carbonyl (C=O) groups excluding carboxylic acids is 2. The van der Waals surface area contributed by atoms with Gasteiger partial charge in [0.25, 0.3) is 0 Å². The molecule has 3 aromatic rings. The van der Waals surface area contributed by atoms with Gasteiger partial charge in [0.15, 0.2) is 0 Å². The third kappa shape index (κ3) is 10.4. The topological polar surface area (TPSA) is 86.8 Å². The highest BCUT2D eigenvalue weighted by Crippen LogP contribution is 2.34. The molecule has 2 unspecified atom stereocenters. The lowest BCUT2D eigenvalue weighted by atomic mass is 9.87. The number of rotatable bonds is 14. The number of carbonyl (C=O) groups is 2. The highest BCUT2D eigenvalue weighted by molar-refractivity contribution is 6.32. The molecule has 9 nitrogen and oxygen atoms in total. The highest BCUT2D eigenvalue weighted by atomic mass is 35.5. The van der Waals surface area contributed by atoms with Crippen molar-refractivity contribution in [2.45, 2.75) is 77.1 Å². The minimum Gasteiger partial charge on any atom is -0.493 e. The summed E-state index contributed by atoms with van der Waals surface area (Å²) in [7, 11) is 1.67. The second-order valence-electron chi connectivity index (χ2n) is 13.6. The van der Waals surface area contributed by atoms with Crippen molar-refractivity contribution in [3.05, 3.63) is 88.4 Å². The van der Waals surface area contributed by atoms with E-state index in [0.717, 1.165) is 41.8 Å². The summed E-state index contributed by atoms with van der Waals surface area (Å²) < 4.78 is 29.3. The second kappa shape index (κ2) is 17.2. The van der Waals surface area contributed by atoms with Gasteiger partial charge in [-0.05, 0) is 87.1 Å². The van der Waals surface area contributed by atoms with Gasteiger partial charge in [0.05, 0.1) is 37.5 Å². The summed E-state index contributed by atoms with van der Waals surface area (Å²) in [4.78, 5) is 29.5. The summed E-state index contributed by atoms with van der Waals surface area (Å²) in [6, 6.07) is 21.8. The minimum atomic E-state index is -0.587. The fraction of sp³-hybridized carbons (Fsp3) is 0.487. The van der Waals surface area contributed by atoms with Crippen molar-refractivity contribution in [3.8, 4) is 11.5 Å². The van der Waals surface area contributed by atoms with Gasteiger partial charge in [-0.25, -0.2) is 4.79 Å². The maximum Gasteiger partial charge on any atom is 0.410 e. The SMILES string of the molecule is COCCCN1C(=O)CCc2ccc(COC3CN(C(=O)OC(C)(C)C)CCC3c3ccc(OCCCOc4ccccc4Cl)cc3)cc21. The van der Waals surface area contributed by atoms with Crippen molar-refractivity contribution in [1.29, 1.82) is 0 Å². The van der Waals surface area contributed by atoms with Gasteiger partial charge >= 0.3 is 6.09 Å². The van der Waals surface area contributed by atoms with Crippen LogP contribution in [0.3, 0.4) is 0 Å². The molecule has 0 aliphatic carbocycles. The summed E-state index contributed by atoms with van der Waals surface area (Å²) in [6.45, 7) is 9.21. The lowest BCUT2D eigenvalue weighted by Crippen LogP contribution is -2.48. The van der Waals surface area contributed by atoms with Crippen molar-refractivity contribution in [1.82, 2.24) is 4.90 Å². The van der Waals surface area contributed by atoms with Crippen molar-refractivity contribution in [2.75, 3.05) is 51.5 Å². The molecule has 0 saturated carbocycles. The number of methoxy groups -OCH3 is 1. The number of hydrogen-bond donors (Lipinski definition) is 0. The molecule has 264 valence electrons. The number of fused-ring (bicyclic) bond motifs is 1. The Morgan fingerprint density at radius 2 is 1.71 bits per heavy atom. The van der Waals surface area contributed by atoms with Crippen molar-refractivity contribution < 1.29 is 33.3 Å². The van der Waals surface area contributed by atoms with Gasteiger partial charge in [-0.3, -0.25) is 4.79 Å². The van der Waals surface area contributed by atoms with E-state index in [0.29, 0.717) is 69.7 Å². The number of para-hydroxylation sites is 1. The molecular weight excluding hydrogens is 644 g/mol. The molecule has 0 radical (unpaired) electrons. The molecule has 5 rings (SSSR count). The van der Waals surface area contributed by atoms with Crippen LogP contribution in [0.5, 0.6) is 11.5 Å². The Labute approximate surface area is 295 Å². The van der Waals surface area contributed by atoms with E-state index >= 15 is 0 Å². The number of halogens is 1. The van der Waals surface area contributed by atoms with Crippen LogP contribution in [0.2, 0.25) is 5.02 Å². The number of hydrogen-bond acceptors (Lipinski definition) is 7. The van der Waals surface area contributed by atoms with Crippen molar-refractivity contribution >= 4 is 29.3 Å². The van der Waals surface area contributed by atoms with Gasteiger partial charge in [0, 0.05) is 51.3 Å². The lowest BCUT2D eigenvalue weighted by Gasteiger charge is -2.39. The van der Waals surface area contributed by atoms with Gasteiger partial charge < -0.3 is 33.5 Å². The van der Waals surface area contributed by atoms with Crippen LogP contribution in [0.1, 0.15) is 69.1 Å². The van der Waals surface area contributed by atoms with Gasteiger partial charge in [-0.2, -0.15) is 0 Å². The zero-order valence-corrected chi connectivity index (χ0v) is 29.9. The van der Waals surface area contributed by atoms with E-state index in [4.69, 9.17) is 35.3 Å². The number of likely N-dealkylation sites (tertiary alicyclic amines) is 1. The van der Waals surface area contributed by atoms with E-state index in [1.807, 2.05) is 62.1 Å². The standard InChI is InChI=1S/C39H49ClN2O7/c1-39(2,3)49-38(44)41-21-19-32(29-13-16-31(17-14-29)46-23-8-24-47-35-10-6-5-9-33(35)40)36(26-41)48-27-28-11-12-30-15-18-37(43)42(34(30)25-28)20-7-22-45-4/h5-6,9-14,16-17,25,32,36H,7-8,15,18-24,26-27H2,1-4H3. The van der Waals surface area contributed by atoms with Crippen molar-refractivity contribution in [2.24, 2.45) is 0 Å². The molecule has 2 atom stereocenters. The number of piperidine rings is 1. The first-order valence-electron chi connectivity index (χ1n) is 17.2. The molecule has 2 aliphatic rings. The van der Waals surface area contributed by atoms with E-state index in [2.05, 4.69) is 30.3 Å². The lowest BCUT2D eigenvalue weighted by molar-refractivity contribution is -0.118. The second-order valence-corrected chi connectivity index (χ2v) is 14.0. The summed E-state index contributed by atoms with van der Waals surface area (Å²) in [5.74, 6) is 1.66. The van der Waals surface area contributed by atoms with E-state index < -0.39 is 5.60 Å². The van der Waals surface area contributed by atoms with Gasteiger partial charge in [-0.1, -0.05) is 48.0 Å². The first-order chi connectivity index (χ1) is 23.6. The van der Waals surface area contributed by atoms with Crippen LogP contribution in [0.15, 0.2) is 66.7 Å². The van der Waals surface area contributed by atoms with Crippen LogP contribution in [0.25, 0.3) is 0 Å². The molecule has 0 spiro atoms. The molecular formula is C39H49ClN2O7. The molecule has 2 aliphatic heterocycles. The van der Waals surface area contributed by atoms with Crippen LogP contribution in [-0.2, 0) is 32.0 Å². The van der Waals surface area contributed by atoms with Gasteiger partial charge in [-0.15, -0.1) is 0 Å². The van der Waals surface area contributed by atoms with Crippen LogP contribution in [0.4, 0.5) is 10.5 Å². The summed E-state index contributed by atoms with van der Waals surface area (Å²) >= 11 is 6.17. The molecule has 49 heavy (non-hydrogen) atoms. The average Bonchev–Trinajstić information content (AvgIpc) is 3.08. The van der Waals surface area contributed by atoms with Crippen LogP contribution >= 0.6 is 11.6 Å². The maximum atomic E-state index is 13.1. The summed E-state index contributed by atoms with van der Waals surface area (Å²) in [5, 5.41) is 0.595. The number of anilines is 1. The molecule has 2 amide bonds. The van der Waals surface area contributed by atoms with E-state index in [-0.39, 0.29) is 24.0 Å². The Hall–Kier alpha value is -3.79. The van der Waals surface area contributed by atoms with Crippen LogP contribution in [-0.4, -0.2) is 75.2 Å². The molecule has 3 aromatic carbocycles. The Kier molecular flexibility index (Phi) is 12.8. The Bertz CT molecular complexity index is 1540. The number of nitrogens with zero attached hydrogens (tertiary/aromatic N) is 2. The molecule has 1 fully saturated rings. The predicted molar refractivity (Wildman–Crippen MR) is 191 cm³/mol. The quantitative estimate of drug-likeness (QED) is 0.159. The smallest absolute Gasteiger partial charge is 0.410 e. The largest absolute Gasteiger partial charge is 0.493 e. The number of ether oxygens (including phenoxy) is 5. The fourth-order valence-electron chi connectivity index (χ4n) is 6.25. The molecule has 0 N–H and O–H groups in total. The van der Waals surface area contributed by atoms with Crippen molar-refractivity contribution in [3.63, 3.8) is 0 Å². The molecule has 0 aromatic heterocycles. The number of aryl methyl sites for hydroxylation is 1. The van der Waals surface area contributed by atoms with Crippen LogP contribution < -0.4 is 14.4 Å². The monoisotopic (exact) mass is 692 g/mol. The van der Waals surface area contributed by atoms with Gasteiger partial charge in [0.1, 0.15) is 17.1 Å². The first-order valence-corrected chi connectivity index (χ1v) is 17.6. The summed E-state index contributed by atoms with van der Waals surface area (Å²) in [6.07, 6.45) is 2.88. The highest BCUT2D eigenvalue weighted by Gasteiger charge is 2.35. The maximum absolute atomic E-state index is 13.1. The zero-order chi connectivity index (χ0) is 34.8. The number of benzene rings is 3. The van der Waals surface area contributed by atoms with E-state index in [1.165, 1.54) is 5.56 Å². The average molecular weight is 693 g/mol. The van der Waals surface area contributed by atoms with E-state index in [9.17, 15) is 9.59 Å². The third-order valence-corrected chi connectivity index (χ3v) is 9.03. The zero-order valence-electron chi connectivity index (χ0n) is 29.1. The van der Waals surface area contributed by atoms with Crippen LogP contribution in [0, 0.1) is 0 Å². The predicted octanol–water partition coefficient (Wildman–Crippen LogP) is 7.81. The molecule has 1 saturated heterocycles. The van der Waals surface area contributed by atoms with Gasteiger partial charge in [0.2, 0.25) is 5.91 Å². The molecule has 2 heterocycles. The molecule has 10 heteroatoms. The fourth-order valence-corrected chi connectivity index (χ4v) is 6.44.